The topological polar surface area (TPSA) is 61.8 Å². The van der Waals surface area contributed by atoms with E-state index in [2.05, 4.69) is 9.26 Å². The van der Waals surface area contributed by atoms with Crippen molar-refractivity contribution < 1.29 is 23.1 Å². The van der Waals surface area contributed by atoms with E-state index in [1.807, 2.05) is 0 Å². The number of rotatable bonds is 5. The molecule has 0 rings (SSSR count). The molecule has 2 atom stereocenters. The number of hydrogen-bond donors (Lipinski definition) is 0. The van der Waals surface area contributed by atoms with E-state index in [0.717, 1.165) is 0 Å². The number of methoxy groups -OCH3 is 1. The Hall–Kier alpha value is -0.380. The summed E-state index contributed by atoms with van der Waals surface area (Å²) >= 11 is 0. The average molecular weight is 210 g/mol. The molecule has 0 aromatic rings. The molecule has 0 aliphatic carbocycles. The van der Waals surface area contributed by atoms with Gasteiger partial charge >= 0.3 is 13.6 Å². The molecule has 5 nitrogen and oxygen atoms in total. The van der Waals surface area contributed by atoms with Gasteiger partial charge in [-0.2, -0.15) is 0 Å². The van der Waals surface area contributed by atoms with Crippen molar-refractivity contribution in [3.63, 3.8) is 0 Å². The average Bonchev–Trinajstić information content (AvgIpc) is 2.16. The molecule has 13 heavy (non-hydrogen) atoms. The predicted molar refractivity (Wildman–Crippen MR) is 47.7 cm³/mol. The smallest absolute Gasteiger partial charge is 0.335 e. The van der Waals surface area contributed by atoms with Crippen molar-refractivity contribution in [2.24, 2.45) is 0 Å². The Labute approximate surface area is 77.9 Å². The Morgan fingerprint density at radius 1 is 1.46 bits per heavy atom. The van der Waals surface area contributed by atoms with Gasteiger partial charge in [0.05, 0.1) is 7.11 Å². The molecule has 78 valence electrons. The molecule has 0 aromatic heterocycles. The van der Waals surface area contributed by atoms with Crippen LogP contribution in [0, 0.1) is 0 Å². The summed E-state index contributed by atoms with van der Waals surface area (Å²) in [5, 5.41) is 0. The second-order valence-corrected chi connectivity index (χ2v) is 4.81. The second kappa shape index (κ2) is 5.37. The summed E-state index contributed by atoms with van der Waals surface area (Å²) in [4.78, 5) is 10.9. The highest BCUT2D eigenvalue weighted by atomic mass is 31.2. The summed E-state index contributed by atoms with van der Waals surface area (Å²) in [7, 11) is -0.577. The molecular weight excluding hydrogens is 195 g/mol. The second-order valence-electron chi connectivity index (χ2n) is 2.38. The van der Waals surface area contributed by atoms with Crippen LogP contribution in [-0.4, -0.2) is 32.5 Å². The Balaban J connectivity index is 4.25. The van der Waals surface area contributed by atoms with Gasteiger partial charge in [-0.05, 0) is 6.92 Å². The van der Waals surface area contributed by atoms with Crippen LogP contribution in [-0.2, 0) is 23.1 Å². The van der Waals surface area contributed by atoms with Crippen LogP contribution in [0.2, 0.25) is 0 Å². The van der Waals surface area contributed by atoms with Gasteiger partial charge in [-0.3, -0.25) is 9.09 Å². The highest BCUT2D eigenvalue weighted by molar-refractivity contribution is 7.53. The van der Waals surface area contributed by atoms with Crippen molar-refractivity contribution in [2.45, 2.75) is 20.0 Å². The molecule has 0 radical (unpaired) electrons. The van der Waals surface area contributed by atoms with Crippen LogP contribution < -0.4 is 0 Å². The standard InChI is InChI=1S/C7H15O5P/c1-5-13(9,11-4)12-6(2)7(8)10-3/h6H,5H2,1-4H3. The van der Waals surface area contributed by atoms with Crippen LogP contribution in [0.4, 0.5) is 0 Å². The third-order valence-corrected chi connectivity index (χ3v) is 3.49. The van der Waals surface area contributed by atoms with Crippen LogP contribution in [0.5, 0.6) is 0 Å². The fourth-order valence-electron chi connectivity index (χ4n) is 0.697. The summed E-state index contributed by atoms with van der Waals surface area (Å²) in [5.41, 5.74) is 0. The van der Waals surface area contributed by atoms with E-state index in [1.165, 1.54) is 21.1 Å². The van der Waals surface area contributed by atoms with E-state index in [4.69, 9.17) is 4.52 Å². The normalized spacial score (nSPS) is 17.5. The minimum Gasteiger partial charge on any atom is -0.467 e. The minimum absolute atomic E-state index is 0.227. The fourth-order valence-corrected chi connectivity index (χ4v) is 1.76. The lowest BCUT2D eigenvalue weighted by Gasteiger charge is -2.17. The molecule has 0 N–H and O–H groups in total. The van der Waals surface area contributed by atoms with Gasteiger partial charge in [0.2, 0.25) is 0 Å². The lowest BCUT2D eigenvalue weighted by atomic mass is 10.4. The summed E-state index contributed by atoms with van der Waals surface area (Å²) < 4.78 is 25.6. The lowest BCUT2D eigenvalue weighted by Crippen LogP contribution is -2.21. The maximum Gasteiger partial charge on any atom is 0.335 e. The summed E-state index contributed by atoms with van der Waals surface area (Å²) in [5.74, 6) is -0.564. The van der Waals surface area contributed by atoms with Crippen molar-refractivity contribution in [3.8, 4) is 0 Å². The zero-order chi connectivity index (χ0) is 10.5. The molecule has 0 aromatic carbocycles. The Morgan fingerprint density at radius 3 is 2.31 bits per heavy atom. The van der Waals surface area contributed by atoms with Crippen LogP contribution in [0.1, 0.15) is 13.8 Å². The minimum atomic E-state index is -3.11. The zero-order valence-electron chi connectivity index (χ0n) is 8.27. The van der Waals surface area contributed by atoms with E-state index in [1.54, 1.807) is 6.92 Å². The van der Waals surface area contributed by atoms with Gasteiger partial charge in [0.1, 0.15) is 0 Å². The Bertz CT molecular complexity index is 207. The van der Waals surface area contributed by atoms with Gasteiger partial charge in [0, 0.05) is 13.3 Å². The molecule has 0 heterocycles. The predicted octanol–water partition coefficient (Wildman–Crippen LogP) is 1.42. The van der Waals surface area contributed by atoms with Crippen LogP contribution in [0.25, 0.3) is 0 Å². The maximum absolute atomic E-state index is 11.5. The summed E-state index contributed by atoms with van der Waals surface area (Å²) in [6, 6.07) is 0. The van der Waals surface area contributed by atoms with Crippen LogP contribution in [0.15, 0.2) is 0 Å². The van der Waals surface area contributed by atoms with Gasteiger partial charge in [0.15, 0.2) is 6.10 Å². The highest BCUT2D eigenvalue weighted by Crippen LogP contribution is 2.47. The first kappa shape index (κ1) is 12.6. The maximum atomic E-state index is 11.5. The van der Waals surface area contributed by atoms with E-state index >= 15 is 0 Å². The molecule has 0 aliphatic rings. The van der Waals surface area contributed by atoms with Gasteiger partial charge in [0.25, 0.3) is 0 Å². The number of carbonyl (C=O) groups excluding carboxylic acids is 1. The van der Waals surface area contributed by atoms with E-state index in [-0.39, 0.29) is 6.16 Å². The highest BCUT2D eigenvalue weighted by Gasteiger charge is 2.27. The third-order valence-electron chi connectivity index (χ3n) is 1.52. The quantitative estimate of drug-likeness (QED) is 0.507. The van der Waals surface area contributed by atoms with Crippen LogP contribution >= 0.6 is 7.60 Å². The van der Waals surface area contributed by atoms with Crippen molar-refractivity contribution >= 4 is 13.6 Å². The van der Waals surface area contributed by atoms with E-state index < -0.39 is 19.7 Å². The molecule has 0 spiro atoms. The zero-order valence-corrected chi connectivity index (χ0v) is 9.17. The monoisotopic (exact) mass is 210 g/mol. The van der Waals surface area contributed by atoms with E-state index in [9.17, 15) is 9.36 Å². The molecule has 2 unspecified atom stereocenters. The third kappa shape index (κ3) is 3.89. The van der Waals surface area contributed by atoms with Gasteiger partial charge in [-0.25, -0.2) is 4.79 Å². The van der Waals surface area contributed by atoms with Gasteiger partial charge < -0.3 is 9.26 Å². The number of hydrogen-bond acceptors (Lipinski definition) is 5. The van der Waals surface area contributed by atoms with Crippen molar-refractivity contribution in [1.82, 2.24) is 0 Å². The molecule has 0 saturated carbocycles. The first-order valence-electron chi connectivity index (χ1n) is 3.90. The fraction of sp³-hybridized carbons (Fsp3) is 0.857. The van der Waals surface area contributed by atoms with Crippen LogP contribution in [0.3, 0.4) is 0 Å². The molecule has 0 amide bonds. The van der Waals surface area contributed by atoms with Gasteiger partial charge in [-0.1, -0.05) is 6.92 Å². The summed E-state index contributed by atoms with van der Waals surface area (Å²) in [6.07, 6.45) is -0.638. The molecule has 0 aliphatic heterocycles. The lowest BCUT2D eigenvalue weighted by molar-refractivity contribution is -0.148. The molecule has 0 saturated heterocycles. The molecule has 0 bridgehead atoms. The first-order chi connectivity index (χ1) is 5.99. The number of ether oxygens (including phenoxy) is 1. The molecule has 0 fully saturated rings. The van der Waals surface area contributed by atoms with E-state index in [0.29, 0.717) is 0 Å². The Kier molecular flexibility index (Phi) is 5.21. The van der Waals surface area contributed by atoms with Crippen molar-refractivity contribution in [1.29, 1.82) is 0 Å². The molecular formula is C7H15O5P. The summed E-state index contributed by atoms with van der Waals surface area (Å²) in [6.45, 7) is 3.13. The van der Waals surface area contributed by atoms with Crippen molar-refractivity contribution in [2.75, 3.05) is 20.4 Å². The number of esters is 1. The number of carbonyl (C=O) groups is 1. The van der Waals surface area contributed by atoms with Gasteiger partial charge in [-0.15, -0.1) is 0 Å². The van der Waals surface area contributed by atoms with Crippen molar-refractivity contribution in [3.05, 3.63) is 0 Å². The SMILES string of the molecule is CCP(=O)(OC)OC(C)C(=O)OC. The Morgan fingerprint density at radius 2 is 2.00 bits per heavy atom. The molecule has 6 heteroatoms. The largest absolute Gasteiger partial charge is 0.467 e. The first-order valence-corrected chi connectivity index (χ1v) is 5.63.